The molecule has 1 amide bonds. The molecule has 1 aromatic rings. The lowest BCUT2D eigenvalue weighted by Crippen LogP contribution is -2.48. The van der Waals surface area contributed by atoms with Crippen LogP contribution in [0.4, 0.5) is 5.69 Å². The number of benzene rings is 1. The van der Waals surface area contributed by atoms with Gasteiger partial charge in [0.05, 0.1) is 28.4 Å². The van der Waals surface area contributed by atoms with Crippen LogP contribution in [-0.4, -0.2) is 18.5 Å². The van der Waals surface area contributed by atoms with E-state index in [4.69, 9.17) is 16.9 Å². The summed E-state index contributed by atoms with van der Waals surface area (Å²) in [4.78, 5) is 12.2. The van der Waals surface area contributed by atoms with Crippen LogP contribution in [-0.2, 0) is 4.79 Å². The van der Waals surface area contributed by atoms with E-state index in [1.807, 2.05) is 6.07 Å². The number of carbonyl (C=O) groups excluding carboxylic acids is 1. The van der Waals surface area contributed by atoms with E-state index in [0.717, 1.165) is 19.4 Å². The maximum atomic E-state index is 12.2. The number of nitriles is 1. The Morgan fingerprint density at radius 3 is 3.00 bits per heavy atom. The molecule has 1 aliphatic rings. The summed E-state index contributed by atoms with van der Waals surface area (Å²) < 4.78 is 0. The van der Waals surface area contributed by atoms with Gasteiger partial charge >= 0.3 is 0 Å². The molecule has 2 N–H and O–H groups in total. The number of nitrogens with zero attached hydrogens (tertiary/aromatic N) is 1. The van der Waals surface area contributed by atoms with E-state index in [1.165, 1.54) is 0 Å². The van der Waals surface area contributed by atoms with Crippen LogP contribution in [0, 0.1) is 17.2 Å². The zero-order valence-electron chi connectivity index (χ0n) is 10.7. The monoisotopic (exact) mass is 277 g/mol. The highest BCUT2D eigenvalue weighted by Crippen LogP contribution is 2.24. The summed E-state index contributed by atoms with van der Waals surface area (Å²) in [6.07, 6.45) is 2.15. The average molecular weight is 278 g/mol. The third-order valence-corrected chi connectivity index (χ3v) is 3.72. The predicted octanol–water partition coefficient (Wildman–Crippen LogP) is 2.54. The molecule has 100 valence electrons. The summed E-state index contributed by atoms with van der Waals surface area (Å²) in [5.41, 5.74) is 1.03. The number of hydrogen-bond donors (Lipinski definition) is 2. The van der Waals surface area contributed by atoms with E-state index in [2.05, 4.69) is 17.6 Å². The topological polar surface area (TPSA) is 64.9 Å². The van der Waals surface area contributed by atoms with Crippen molar-refractivity contribution in [2.24, 2.45) is 5.92 Å². The summed E-state index contributed by atoms with van der Waals surface area (Å²) in [7, 11) is 0. The molecule has 1 saturated heterocycles. The molecule has 0 radical (unpaired) electrons. The maximum Gasteiger partial charge on any atom is 0.241 e. The van der Waals surface area contributed by atoms with Crippen molar-refractivity contribution in [1.29, 1.82) is 5.26 Å². The van der Waals surface area contributed by atoms with Crippen molar-refractivity contribution in [2.45, 2.75) is 25.8 Å². The van der Waals surface area contributed by atoms with E-state index in [9.17, 15) is 4.79 Å². The maximum absolute atomic E-state index is 12.2. The van der Waals surface area contributed by atoms with E-state index in [1.54, 1.807) is 18.2 Å². The van der Waals surface area contributed by atoms with Gasteiger partial charge in [0.25, 0.3) is 0 Å². The normalized spacial score (nSPS) is 22.6. The summed E-state index contributed by atoms with van der Waals surface area (Å²) in [5.74, 6) is 0.240. The highest BCUT2D eigenvalue weighted by Gasteiger charge is 2.27. The zero-order chi connectivity index (χ0) is 13.8. The number of amides is 1. The minimum Gasteiger partial charge on any atom is -0.323 e. The Balaban J connectivity index is 2.08. The molecule has 1 aliphatic heterocycles. The summed E-state index contributed by atoms with van der Waals surface area (Å²) in [6, 6.07) is 6.68. The van der Waals surface area contributed by atoms with Crippen molar-refractivity contribution in [2.75, 3.05) is 11.9 Å². The molecule has 4 nitrogen and oxygen atoms in total. The Labute approximate surface area is 117 Å². The molecule has 1 aromatic carbocycles. The Hall–Kier alpha value is -1.57. The van der Waals surface area contributed by atoms with Crippen LogP contribution in [0.3, 0.4) is 0 Å². The van der Waals surface area contributed by atoms with E-state index < -0.39 is 0 Å². The van der Waals surface area contributed by atoms with Gasteiger partial charge in [0.2, 0.25) is 5.91 Å². The van der Waals surface area contributed by atoms with Crippen LogP contribution < -0.4 is 10.6 Å². The highest BCUT2D eigenvalue weighted by atomic mass is 35.5. The van der Waals surface area contributed by atoms with Gasteiger partial charge < -0.3 is 10.6 Å². The molecule has 0 aromatic heterocycles. The number of carbonyl (C=O) groups is 1. The second kappa shape index (κ2) is 6.05. The summed E-state index contributed by atoms with van der Waals surface area (Å²) in [6.45, 7) is 2.93. The lowest BCUT2D eigenvalue weighted by atomic mass is 9.92. The van der Waals surface area contributed by atoms with Crippen LogP contribution in [0.5, 0.6) is 0 Å². The Morgan fingerprint density at radius 2 is 2.37 bits per heavy atom. The van der Waals surface area contributed by atoms with Crippen LogP contribution in [0.1, 0.15) is 25.3 Å². The summed E-state index contributed by atoms with van der Waals surface area (Å²) in [5, 5.41) is 15.2. The molecule has 2 rings (SSSR count). The Kier molecular flexibility index (Phi) is 4.41. The van der Waals surface area contributed by atoms with Gasteiger partial charge in [-0.05, 0) is 43.5 Å². The zero-order valence-corrected chi connectivity index (χ0v) is 11.5. The van der Waals surface area contributed by atoms with Crippen LogP contribution in [0.15, 0.2) is 18.2 Å². The third kappa shape index (κ3) is 3.25. The molecule has 0 aliphatic carbocycles. The lowest BCUT2D eigenvalue weighted by Gasteiger charge is -2.29. The van der Waals surface area contributed by atoms with Crippen molar-refractivity contribution in [3.05, 3.63) is 28.8 Å². The molecule has 5 heteroatoms. The minimum atomic E-state index is -0.180. The molecular weight excluding hydrogens is 262 g/mol. The van der Waals surface area contributed by atoms with Crippen molar-refractivity contribution in [3.63, 3.8) is 0 Å². The second-order valence-electron chi connectivity index (χ2n) is 4.85. The average Bonchev–Trinajstić information content (AvgIpc) is 2.41. The first kappa shape index (κ1) is 13.9. The van der Waals surface area contributed by atoms with Crippen LogP contribution in [0.2, 0.25) is 5.02 Å². The first-order valence-electron chi connectivity index (χ1n) is 6.35. The minimum absolute atomic E-state index is 0.0705. The first-order valence-corrected chi connectivity index (χ1v) is 6.73. The Morgan fingerprint density at radius 1 is 1.58 bits per heavy atom. The van der Waals surface area contributed by atoms with E-state index in [0.29, 0.717) is 22.2 Å². The van der Waals surface area contributed by atoms with Gasteiger partial charge in [-0.1, -0.05) is 18.5 Å². The highest BCUT2D eigenvalue weighted by molar-refractivity contribution is 6.33. The molecule has 19 heavy (non-hydrogen) atoms. The number of rotatable bonds is 2. The largest absolute Gasteiger partial charge is 0.323 e. The van der Waals surface area contributed by atoms with E-state index >= 15 is 0 Å². The van der Waals surface area contributed by atoms with Gasteiger partial charge in [-0.25, -0.2) is 0 Å². The predicted molar refractivity (Wildman–Crippen MR) is 75.0 cm³/mol. The molecule has 0 bridgehead atoms. The van der Waals surface area contributed by atoms with Crippen LogP contribution >= 0.6 is 11.6 Å². The van der Waals surface area contributed by atoms with Gasteiger partial charge in [-0.15, -0.1) is 0 Å². The van der Waals surface area contributed by atoms with Crippen molar-refractivity contribution in [3.8, 4) is 6.07 Å². The van der Waals surface area contributed by atoms with Gasteiger partial charge in [-0.3, -0.25) is 4.79 Å². The van der Waals surface area contributed by atoms with Crippen molar-refractivity contribution in [1.82, 2.24) is 5.32 Å². The number of piperidine rings is 1. The second-order valence-corrected chi connectivity index (χ2v) is 5.25. The van der Waals surface area contributed by atoms with Gasteiger partial charge in [0.15, 0.2) is 0 Å². The molecule has 0 saturated carbocycles. The fraction of sp³-hybridized carbons (Fsp3) is 0.429. The quantitative estimate of drug-likeness (QED) is 0.873. The lowest BCUT2D eigenvalue weighted by molar-refractivity contribution is -0.119. The fourth-order valence-electron chi connectivity index (χ4n) is 2.30. The molecule has 2 atom stereocenters. The number of hydrogen-bond acceptors (Lipinski definition) is 3. The standard InChI is InChI=1S/C14H16ClN3O/c1-9-3-2-6-17-13(9)14(19)18-12-5-4-10(8-16)7-11(12)15/h4-5,7,9,13,17H,2-3,6H2,1H3,(H,18,19). The Bertz CT molecular complexity index is 524. The number of anilines is 1. The number of nitrogens with one attached hydrogen (secondary N) is 2. The summed E-state index contributed by atoms with van der Waals surface area (Å²) >= 11 is 6.04. The first-order chi connectivity index (χ1) is 9.11. The molecular formula is C14H16ClN3O. The SMILES string of the molecule is CC1CCCNC1C(=O)Nc1ccc(C#N)cc1Cl. The molecule has 0 spiro atoms. The van der Waals surface area contributed by atoms with Gasteiger partial charge in [-0.2, -0.15) is 5.26 Å². The fourth-order valence-corrected chi connectivity index (χ4v) is 2.52. The van der Waals surface area contributed by atoms with Crippen molar-refractivity contribution < 1.29 is 4.79 Å². The smallest absolute Gasteiger partial charge is 0.241 e. The molecule has 1 fully saturated rings. The van der Waals surface area contributed by atoms with Gasteiger partial charge in [0, 0.05) is 0 Å². The number of halogens is 1. The third-order valence-electron chi connectivity index (χ3n) is 3.41. The van der Waals surface area contributed by atoms with Crippen LogP contribution in [0.25, 0.3) is 0 Å². The molecule has 2 unspecified atom stereocenters. The van der Waals surface area contributed by atoms with Gasteiger partial charge in [0.1, 0.15) is 0 Å². The van der Waals surface area contributed by atoms with Crippen molar-refractivity contribution >= 4 is 23.2 Å². The molecule has 1 heterocycles. The van der Waals surface area contributed by atoms with E-state index in [-0.39, 0.29) is 11.9 Å².